The van der Waals surface area contributed by atoms with Gasteiger partial charge >= 0.3 is 18.4 Å². The van der Waals surface area contributed by atoms with Crippen LogP contribution in [0, 0.1) is 0 Å². The molecule has 0 spiro atoms. The van der Waals surface area contributed by atoms with E-state index in [1.54, 1.807) is 27.7 Å². The highest BCUT2D eigenvalue weighted by Gasteiger charge is 2.31. The lowest BCUT2D eigenvalue weighted by Gasteiger charge is -2.25. The normalized spacial score (nSPS) is 11.6. The molecule has 0 saturated carbocycles. The summed E-state index contributed by atoms with van der Waals surface area (Å²) >= 11 is 0. The van der Waals surface area contributed by atoms with Crippen LogP contribution in [-0.2, 0) is 20.8 Å². The molecule has 0 heterocycles. The Balaban J connectivity index is 2.61. The molecule has 0 fully saturated rings. The van der Waals surface area contributed by atoms with Crippen LogP contribution in [0.25, 0.3) is 0 Å². The molecule has 0 bridgehead atoms. The van der Waals surface area contributed by atoms with Crippen LogP contribution in [0.15, 0.2) is 24.3 Å². The highest BCUT2D eigenvalue weighted by molar-refractivity contribution is 5.75. The van der Waals surface area contributed by atoms with E-state index in [0.717, 1.165) is 17.2 Å². The lowest BCUT2D eigenvalue weighted by molar-refractivity contribution is -0.274. The summed E-state index contributed by atoms with van der Waals surface area (Å²) < 4.78 is 45.1. The molecule has 0 saturated heterocycles. The van der Waals surface area contributed by atoms with Gasteiger partial charge in [0.25, 0.3) is 0 Å². The molecule has 0 aromatic heterocycles. The van der Waals surface area contributed by atoms with E-state index in [9.17, 15) is 22.8 Å². The minimum Gasteiger partial charge on any atom is -0.442 e. The number of carbonyl (C=O) groups is 2. The molecule has 1 aromatic rings. The minimum absolute atomic E-state index is 0.0824. The van der Waals surface area contributed by atoms with Gasteiger partial charge < -0.3 is 14.3 Å². The molecule has 1 rings (SSSR count). The van der Waals surface area contributed by atoms with Crippen molar-refractivity contribution < 1.29 is 37.1 Å². The fourth-order valence-corrected chi connectivity index (χ4v) is 1.67. The van der Waals surface area contributed by atoms with Gasteiger partial charge in [-0.15, -0.1) is 18.2 Å². The molecule has 9 heteroatoms. The van der Waals surface area contributed by atoms with Gasteiger partial charge in [-0.2, -0.15) is 0 Å². The van der Waals surface area contributed by atoms with Gasteiger partial charge in [-0.05, 0) is 45.4 Å². The van der Waals surface area contributed by atoms with Gasteiger partial charge in [0.1, 0.15) is 11.4 Å². The predicted octanol–water partition coefficient (Wildman–Crippen LogP) is 3.84. The fourth-order valence-electron chi connectivity index (χ4n) is 1.67. The monoisotopic (exact) mass is 363 g/mol. The molecule has 140 valence electrons. The van der Waals surface area contributed by atoms with Crippen LogP contribution >= 0.6 is 0 Å². The van der Waals surface area contributed by atoms with Gasteiger partial charge in [0.2, 0.25) is 0 Å². The number of alkyl halides is 3. The van der Waals surface area contributed by atoms with Crippen molar-refractivity contribution in [2.75, 3.05) is 6.54 Å². The Morgan fingerprint density at radius 2 is 1.64 bits per heavy atom. The SMILES string of the molecule is CCN(OC(=O)Cc1ccc(OC(F)(F)F)cc1)C(=O)OC(C)(C)C. The van der Waals surface area contributed by atoms with Crippen molar-refractivity contribution in [2.24, 2.45) is 0 Å². The van der Waals surface area contributed by atoms with E-state index in [-0.39, 0.29) is 13.0 Å². The van der Waals surface area contributed by atoms with Gasteiger partial charge in [-0.1, -0.05) is 12.1 Å². The Morgan fingerprint density at radius 1 is 1.08 bits per heavy atom. The molecular weight excluding hydrogens is 343 g/mol. The zero-order valence-corrected chi connectivity index (χ0v) is 14.3. The zero-order chi connectivity index (χ0) is 19.3. The smallest absolute Gasteiger partial charge is 0.442 e. The van der Waals surface area contributed by atoms with E-state index in [4.69, 9.17) is 9.57 Å². The summed E-state index contributed by atoms with van der Waals surface area (Å²) in [6.07, 6.45) is -5.82. The van der Waals surface area contributed by atoms with Crippen molar-refractivity contribution in [2.45, 2.75) is 46.1 Å². The molecule has 0 N–H and O–H groups in total. The Kier molecular flexibility index (Phi) is 6.66. The average molecular weight is 363 g/mol. The largest absolute Gasteiger partial charge is 0.573 e. The molecule has 1 aromatic carbocycles. The average Bonchev–Trinajstić information content (AvgIpc) is 2.43. The van der Waals surface area contributed by atoms with Crippen LogP contribution in [0.2, 0.25) is 0 Å². The van der Waals surface area contributed by atoms with Crippen molar-refractivity contribution in [3.63, 3.8) is 0 Å². The maximum atomic E-state index is 12.1. The first-order valence-corrected chi connectivity index (χ1v) is 7.45. The number of hydroxylamine groups is 2. The van der Waals surface area contributed by atoms with Crippen molar-refractivity contribution >= 4 is 12.1 Å². The summed E-state index contributed by atoms with van der Waals surface area (Å²) in [4.78, 5) is 28.7. The van der Waals surface area contributed by atoms with Crippen molar-refractivity contribution in [3.05, 3.63) is 29.8 Å². The predicted molar refractivity (Wildman–Crippen MR) is 81.5 cm³/mol. The van der Waals surface area contributed by atoms with Gasteiger partial charge in [0, 0.05) is 0 Å². The summed E-state index contributed by atoms with van der Waals surface area (Å²) in [6, 6.07) is 4.77. The minimum atomic E-state index is -4.78. The number of benzene rings is 1. The molecule has 0 atom stereocenters. The fraction of sp³-hybridized carbons (Fsp3) is 0.500. The maximum Gasteiger partial charge on any atom is 0.573 e. The summed E-state index contributed by atoms with van der Waals surface area (Å²) in [5.74, 6) is -1.15. The molecule has 0 aliphatic carbocycles. The molecule has 6 nitrogen and oxygen atoms in total. The molecule has 0 unspecified atom stereocenters. The lowest BCUT2D eigenvalue weighted by atomic mass is 10.1. The van der Waals surface area contributed by atoms with E-state index in [1.807, 2.05) is 0 Å². The molecule has 0 aliphatic heterocycles. The van der Waals surface area contributed by atoms with E-state index in [0.29, 0.717) is 5.56 Å². The summed E-state index contributed by atoms with van der Waals surface area (Å²) in [5, 5.41) is 0.773. The molecule has 0 aliphatic rings. The van der Waals surface area contributed by atoms with Crippen molar-refractivity contribution in [1.29, 1.82) is 0 Å². The standard InChI is InChI=1S/C16H20F3NO5/c1-5-20(14(22)24-15(2,3)4)25-13(21)10-11-6-8-12(9-7-11)23-16(17,18)19/h6-9H,5,10H2,1-4H3. The number of ether oxygens (including phenoxy) is 2. The third-order valence-corrected chi connectivity index (χ3v) is 2.60. The highest BCUT2D eigenvalue weighted by Crippen LogP contribution is 2.23. The first-order valence-electron chi connectivity index (χ1n) is 7.45. The van der Waals surface area contributed by atoms with Gasteiger partial charge in [0.15, 0.2) is 0 Å². The van der Waals surface area contributed by atoms with Crippen LogP contribution in [0.3, 0.4) is 0 Å². The van der Waals surface area contributed by atoms with E-state index in [1.165, 1.54) is 12.1 Å². The number of carbonyl (C=O) groups excluding carboxylic acids is 2. The molecular formula is C16H20F3NO5. The van der Waals surface area contributed by atoms with Gasteiger partial charge in [0.05, 0.1) is 13.0 Å². The number of hydrogen-bond acceptors (Lipinski definition) is 5. The Bertz CT molecular complexity index is 593. The Labute approximate surface area is 143 Å². The van der Waals surface area contributed by atoms with E-state index >= 15 is 0 Å². The van der Waals surface area contributed by atoms with Crippen LogP contribution in [-0.4, -0.2) is 35.6 Å². The lowest BCUT2D eigenvalue weighted by Crippen LogP contribution is -2.38. The molecule has 1 amide bonds. The topological polar surface area (TPSA) is 65.1 Å². The highest BCUT2D eigenvalue weighted by atomic mass is 19.4. The second kappa shape index (κ2) is 8.09. The third kappa shape index (κ3) is 8.27. The van der Waals surface area contributed by atoms with E-state index < -0.39 is 29.8 Å². The maximum absolute atomic E-state index is 12.1. The Hall–Kier alpha value is -2.45. The summed E-state index contributed by atoms with van der Waals surface area (Å²) in [5.41, 5.74) is -0.342. The first kappa shape index (κ1) is 20.6. The first-order chi connectivity index (χ1) is 11.4. The molecule has 25 heavy (non-hydrogen) atoms. The number of hydrogen-bond donors (Lipinski definition) is 0. The Morgan fingerprint density at radius 3 is 2.08 bits per heavy atom. The summed E-state index contributed by atoms with van der Waals surface area (Å²) in [7, 11) is 0. The summed E-state index contributed by atoms with van der Waals surface area (Å²) in [6.45, 7) is 6.70. The quantitative estimate of drug-likeness (QED) is 0.761. The second-order valence-corrected chi connectivity index (χ2v) is 6.01. The third-order valence-electron chi connectivity index (χ3n) is 2.60. The van der Waals surface area contributed by atoms with Gasteiger partial charge in [-0.3, -0.25) is 0 Å². The van der Waals surface area contributed by atoms with Crippen molar-refractivity contribution in [3.8, 4) is 5.75 Å². The number of halogens is 3. The number of rotatable bonds is 4. The molecule has 0 radical (unpaired) electrons. The van der Waals surface area contributed by atoms with Gasteiger partial charge in [-0.25, -0.2) is 9.59 Å². The van der Waals surface area contributed by atoms with Crippen LogP contribution in [0.1, 0.15) is 33.3 Å². The number of nitrogens with zero attached hydrogens (tertiary/aromatic N) is 1. The van der Waals surface area contributed by atoms with Crippen LogP contribution in [0.4, 0.5) is 18.0 Å². The number of amides is 1. The zero-order valence-electron chi connectivity index (χ0n) is 14.3. The second-order valence-electron chi connectivity index (χ2n) is 6.01. The van der Waals surface area contributed by atoms with Crippen molar-refractivity contribution in [1.82, 2.24) is 5.06 Å². The van der Waals surface area contributed by atoms with Crippen LogP contribution in [0.5, 0.6) is 5.75 Å². The van der Waals surface area contributed by atoms with E-state index in [2.05, 4.69) is 4.74 Å². The van der Waals surface area contributed by atoms with Crippen LogP contribution < -0.4 is 4.74 Å².